The smallest absolute Gasteiger partial charge is 0.417 e. The van der Waals surface area contributed by atoms with Crippen molar-refractivity contribution in [3.8, 4) is 0 Å². The quantitative estimate of drug-likeness (QED) is 0.800. The van der Waals surface area contributed by atoms with E-state index in [2.05, 4.69) is 6.58 Å². The van der Waals surface area contributed by atoms with E-state index in [1.54, 1.807) is 12.1 Å². The minimum Gasteiger partial charge on any atom is -0.441 e. The van der Waals surface area contributed by atoms with Gasteiger partial charge in [0.15, 0.2) is 0 Å². The number of benzene rings is 1. The van der Waals surface area contributed by atoms with E-state index < -0.39 is 17.6 Å². The average Bonchev–Trinajstić information content (AvgIpc) is 2.67. The second-order valence-corrected chi connectivity index (χ2v) is 6.18. The molecule has 0 aromatic heterocycles. The van der Waals surface area contributed by atoms with Gasteiger partial charge in [-0.25, -0.2) is 9.69 Å². The molecule has 1 heterocycles. The fourth-order valence-electron chi connectivity index (χ4n) is 2.98. The molecule has 0 bridgehead atoms. The number of carbonyl (C=O) groups excluding carboxylic acids is 2. The van der Waals surface area contributed by atoms with Crippen LogP contribution in [0.15, 0.2) is 36.9 Å². The van der Waals surface area contributed by atoms with Crippen molar-refractivity contribution in [1.82, 2.24) is 4.90 Å². The molecular formula is C17H21NO3. The van der Waals surface area contributed by atoms with E-state index in [0.29, 0.717) is 11.1 Å². The maximum atomic E-state index is 12.7. The number of hydrogen-bond donors (Lipinski definition) is 0. The molecule has 0 unspecified atom stereocenters. The second kappa shape index (κ2) is 5.35. The maximum Gasteiger partial charge on any atom is 0.417 e. The number of ether oxygens (including phenoxy) is 1. The van der Waals surface area contributed by atoms with Crippen molar-refractivity contribution in [2.75, 3.05) is 0 Å². The summed E-state index contributed by atoms with van der Waals surface area (Å²) in [7, 11) is 0. The normalized spacial score (nSPS) is 20.5. The minimum atomic E-state index is -0.697. The van der Waals surface area contributed by atoms with E-state index in [1.807, 2.05) is 45.9 Å². The summed E-state index contributed by atoms with van der Waals surface area (Å²) in [6, 6.07) is 8.83. The van der Waals surface area contributed by atoms with Crippen LogP contribution in [0.4, 0.5) is 4.79 Å². The zero-order valence-corrected chi connectivity index (χ0v) is 12.9. The van der Waals surface area contributed by atoms with Gasteiger partial charge in [0.1, 0.15) is 5.60 Å². The molecule has 1 aliphatic rings. The number of rotatable bonds is 3. The third-order valence-corrected chi connectivity index (χ3v) is 3.77. The van der Waals surface area contributed by atoms with Gasteiger partial charge in [0.2, 0.25) is 0 Å². The molecule has 112 valence electrons. The number of amides is 2. The molecule has 2 rings (SSSR count). The highest BCUT2D eigenvalue weighted by Crippen LogP contribution is 2.35. The molecular weight excluding hydrogens is 266 g/mol. The van der Waals surface area contributed by atoms with Crippen LogP contribution in [0.1, 0.15) is 33.3 Å². The number of carbonyl (C=O) groups is 2. The highest BCUT2D eigenvalue weighted by Gasteiger charge is 2.52. The van der Waals surface area contributed by atoms with Gasteiger partial charge >= 0.3 is 6.09 Å². The lowest BCUT2D eigenvalue weighted by molar-refractivity contribution is -0.124. The molecule has 21 heavy (non-hydrogen) atoms. The lowest BCUT2D eigenvalue weighted by Crippen LogP contribution is -2.48. The van der Waals surface area contributed by atoms with Gasteiger partial charge in [-0.2, -0.15) is 0 Å². The molecule has 1 aliphatic heterocycles. The summed E-state index contributed by atoms with van der Waals surface area (Å²) in [4.78, 5) is 26.0. The summed E-state index contributed by atoms with van der Waals surface area (Å²) in [6.45, 7) is 11.4. The Kier molecular flexibility index (Phi) is 3.90. The first-order chi connectivity index (χ1) is 9.75. The van der Waals surface area contributed by atoms with Crippen LogP contribution in [0.2, 0.25) is 0 Å². The molecule has 4 heteroatoms. The first-order valence-corrected chi connectivity index (χ1v) is 7.06. The van der Waals surface area contributed by atoms with Crippen LogP contribution in [0.25, 0.3) is 5.57 Å². The number of hydrogen-bond acceptors (Lipinski definition) is 3. The standard InChI is InChI=1S/C17H21NO3/c1-11(2)14-17(4,5)21-16(20)18(14)15(19)12(3)13-9-7-6-8-10-13/h6-11,14H,3H2,1-2,4-5H3/t14-/m0/s1. The Hall–Kier alpha value is -2.10. The Bertz CT molecular complexity index is 575. The predicted octanol–water partition coefficient (Wildman–Crippen LogP) is 3.48. The van der Waals surface area contributed by atoms with Crippen molar-refractivity contribution in [2.24, 2.45) is 5.92 Å². The Balaban J connectivity index is 2.33. The SMILES string of the molecule is C=C(C(=O)N1C(=O)OC(C)(C)[C@@H]1C(C)C)c1ccccc1. The van der Waals surface area contributed by atoms with Crippen molar-refractivity contribution in [3.63, 3.8) is 0 Å². The molecule has 1 fully saturated rings. The molecule has 0 aliphatic carbocycles. The van der Waals surface area contributed by atoms with E-state index in [4.69, 9.17) is 4.74 Å². The topological polar surface area (TPSA) is 46.6 Å². The Morgan fingerprint density at radius 2 is 1.86 bits per heavy atom. The van der Waals surface area contributed by atoms with Crippen LogP contribution in [0.3, 0.4) is 0 Å². The van der Waals surface area contributed by atoms with Gasteiger partial charge < -0.3 is 4.74 Å². The maximum absolute atomic E-state index is 12.7. The van der Waals surface area contributed by atoms with Gasteiger partial charge in [-0.05, 0) is 25.3 Å². The fourth-order valence-corrected chi connectivity index (χ4v) is 2.98. The highest BCUT2D eigenvalue weighted by molar-refractivity contribution is 6.22. The molecule has 1 atom stereocenters. The third-order valence-electron chi connectivity index (χ3n) is 3.77. The summed E-state index contributed by atoms with van der Waals surface area (Å²) in [6.07, 6.45) is -0.596. The lowest BCUT2D eigenvalue weighted by atomic mass is 9.88. The van der Waals surface area contributed by atoms with Crippen molar-refractivity contribution in [3.05, 3.63) is 42.5 Å². The Morgan fingerprint density at radius 1 is 1.29 bits per heavy atom. The third kappa shape index (κ3) is 2.71. The summed E-state index contributed by atoms with van der Waals surface area (Å²) in [5, 5.41) is 0. The largest absolute Gasteiger partial charge is 0.441 e. The van der Waals surface area contributed by atoms with E-state index in [9.17, 15) is 9.59 Å². The van der Waals surface area contributed by atoms with Crippen molar-refractivity contribution in [1.29, 1.82) is 0 Å². The highest BCUT2D eigenvalue weighted by atomic mass is 16.6. The van der Waals surface area contributed by atoms with Gasteiger partial charge in [-0.1, -0.05) is 50.8 Å². The molecule has 4 nitrogen and oxygen atoms in total. The first-order valence-electron chi connectivity index (χ1n) is 7.06. The summed E-state index contributed by atoms with van der Waals surface area (Å²) < 4.78 is 5.37. The summed E-state index contributed by atoms with van der Waals surface area (Å²) in [5.41, 5.74) is 0.316. The van der Waals surface area contributed by atoms with Crippen molar-refractivity contribution >= 4 is 17.6 Å². The molecule has 1 aromatic carbocycles. The molecule has 0 saturated carbocycles. The lowest BCUT2D eigenvalue weighted by Gasteiger charge is -2.31. The average molecular weight is 287 g/mol. The number of nitrogens with zero attached hydrogens (tertiary/aromatic N) is 1. The first kappa shape index (κ1) is 15.3. The van der Waals surface area contributed by atoms with Crippen LogP contribution < -0.4 is 0 Å². The summed E-state index contributed by atoms with van der Waals surface area (Å²) >= 11 is 0. The fraction of sp³-hybridized carbons (Fsp3) is 0.412. The zero-order valence-electron chi connectivity index (χ0n) is 12.9. The summed E-state index contributed by atoms with van der Waals surface area (Å²) in [5.74, 6) is -0.297. The van der Waals surface area contributed by atoms with Gasteiger partial charge in [0.25, 0.3) is 5.91 Å². The predicted molar refractivity (Wildman–Crippen MR) is 81.5 cm³/mol. The Labute approximate surface area is 125 Å². The molecule has 2 amide bonds. The van der Waals surface area contributed by atoms with Gasteiger partial charge in [-0.3, -0.25) is 4.79 Å². The molecule has 1 saturated heterocycles. The van der Waals surface area contributed by atoms with Crippen molar-refractivity contribution < 1.29 is 14.3 Å². The van der Waals surface area contributed by atoms with Crippen LogP contribution in [-0.4, -0.2) is 28.5 Å². The molecule has 0 radical (unpaired) electrons. The van der Waals surface area contributed by atoms with Crippen LogP contribution in [0, 0.1) is 5.92 Å². The number of cyclic esters (lactones) is 1. The van der Waals surface area contributed by atoms with Crippen LogP contribution in [0.5, 0.6) is 0 Å². The zero-order chi connectivity index (χ0) is 15.8. The van der Waals surface area contributed by atoms with E-state index in [1.165, 1.54) is 4.90 Å². The molecule has 0 N–H and O–H groups in total. The monoisotopic (exact) mass is 287 g/mol. The number of imide groups is 1. The van der Waals surface area contributed by atoms with E-state index >= 15 is 0 Å². The van der Waals surface area contributed by atoms with Gasteiger partial charge in [-0.15, -0.1) is 0 Å². The minimum absolute atomic E-state index is 0.0963. The molecule has 0 spiro atoms. The van der Waals surface area contributed by atoms with E-state index in [0.717, 1.165) is 0 Å². The Morgan fingerprint density at radius 3 is 2.38 bits per heavy atom. The van der Waals surface area contributed by atoms with Crippen molar-refractivity contribution in [2.45, 2.75) is 39.3 Å². The van der Waals surface area contributed by atoms with Gasteiger partial charge in [0, 0.05) is 5.57 Å². The van der Waals surface area contributed by atoms with Gasteiger partial charge in [0.05, 0.1) is 6.04 Å². The van der Waals surface area contributed by atoms with Crippen LogP contribution in [-0.2, 0) is 9.53 Å². The molecule has 1 aromatic rings. The van der Waals surface area contributed by atoms with Crippen LogP contribution >= 0.6 is 0 Å². The van der Waals surface area contributed by atoms with E-state index in [-0.39, 0.29) is 12.0 Å². The second-order valence-electron chi connectivity index (χ2n) is 6.18.